The molecule has 0 atom stereocenters. The number of carbonyl (C=O) groups excluding carboxylic acids is 1. The number of nitrogens with two attached hydrogens (primary N) is 1. The third kappa shape index (κ3) is 3.39. The van der Waals surface area contributed by atoms with Crippen LogP contribution >= 0.6 is 0 Å². The van der Waals surface area contributed by atoms with Crippen LogP contribution < -0.4 is 24.7 Å². The van der Waals surface area contributed by atoms with Crippen LogP contribution in [0.2, 0.25) is 0 Å². The number of hydrogen-bond donors (Lipinski definition) is 2. The van der Waals surface area contributed by atoms with Crippen LogP contribution in [0, 0.1) is 0 Å². The van der Waals surface area contributed by atoms with Gasteiger partial charge in [0.15, 0.2) is 11.5 Å². The lowest BCUT2D eigenvalue weighted by molar-refractivity contribution is 0.174. The normalized spacial score (nSPS) is 12.1. The van der Waals surface area contributed by atoms with Crippen molar-refractivity contribution in [2.45, 2.75) is 0 Å². The first-order chi connectivity index (χ1) is 14.1. The summed E-state index contributed by atoms with van der Waals surface area (Å²) < 4.78 is 21.4. The number of primary amides is 1. The zero-order valence-electron chi connectivity index (χ0n) is 15.0. The van der Waals surface area contributed by atoms with Crippen LogP contribution in [0.3, 0.4) is 0 Å². The van der Waals surface area contributed by atoms with Crippen LogP contribution in [0.5, 0.6) is 28.7 Å². The molecule has 0 aliphatic carbocycles. The number of rotatable bonds is 4. The molecule has 8 heteroatoms. The molecule has 0 saturated carbocycles. The average molecular weight is 389 g/mol. The molecule has 3 N–H and O–H groups in total. The Kier molecular flexibility index (Phi) is 3.94. The van der Waals surface area contributed by atoms with Crippen LogP contribution in [0.25, 0.3) is 22.4 Å². The molecule has 1 amide bonds. The van der Waals surface area contributed by atoms with Crippen LogP contribution in [-0.2, 0) is 0 Å². The minimum Gasteiger partial charge on any atom is -0.457 e. The van der Waals surface area contributed by atoms with Crippen LogP contribution in [0.1, 0.15) is 0 Å². The summed E-state index contributed by atoms with van der Waals surface area (Å²) in [6, 6.07) is 18.0. The number of carbonyl (C=O) groups is 1. The largest absolute Gasteiger partial charge is 0.457 e. The van der Waals surface area contributed by atoms with Gasteiger partial charge in [-0.15, -0.1) is 0 Å². The molecule has 3 aromatic carbocycles. The number of hydrogen-bond acceptors (Lipinski definition) is 6. The predicted octanol–water partition coefficient (Wildman–Crippen LogP) is 4.21. The van der Waals surface area contributed by atoms with Gasteiger partial charge in [0.05, 0.1) is 11.0 Å². The summed E-state index contributed by atoms with van der Waals surface area (Å²) in [7, 11) is 0. The van der Waals surface area contributed by atoms with Crippen molar-refractivity contribution in [3.63, 3.8) is 0 Å². The number of nitrogens with zero attached hydrogens (tertiary/aromatic N) is 1. The van der Waals surface area contributed by atoms with E-state index in [-0.39, 0.29) is 6.79 Å². The smallest absolute Gasteiger partial charge is 0.409 e. The summed E-state index contributed by atoms with van der Waals surface area (Å²) in [5, 5.41) is 0. The van der Waals surface area contributed by atoms with Crippen molar-refractivity contribution < 1.29 is 23.7 Å². The number of fused-ring (bicyclic) bond motifs is 2. The van der Waals surface area contributed by atoms with Crippen molar-refractivity contribution in [3.8, 4) is 40.1 Å². The number of H-pyrrole nitrogens is 1. The highest BCUT2D eigenvalue weighted by atomic mass is 16.7. The second kappa shape index (κ2) is 6.75. The molecule has 5 rings (SSSR count). The van der Waals surface area contributed by atoms with Gasteiger partial charge in [0.2, 0.25) is 6.79 Å². The van der Waals surface area contributed by atoms with E-state index in [2.05, 4.69) is 9.97 Å². The predicted molar refractivity (Wildman–Crippen MR) is 104 cm³/mol. The third-order valence-electron chi connectivity index (χ3n) is 4.38. The lowest BCUT2D eigenvalue weighted by Crippen LogP contribution is -2.16. The maximum atomic E-state index is 10.9. The monoisotopic (exact) mass is 389 g/mol. The number of benzene rings is 3. The van der Waals surface area contributed by atoms with Crippen molar-refractivity contribution in [3.05, 3.63) is 60.7 Å². The van der Waals surface area contributed by atoms with Gasteiger partial charge in [-0.3, -0.25) is 0 Å². The SMILES string of the molecule is NC(=O)Oc1ccc2nc(-c3ccc(Oc4ccc5c(c4)OCO5)cc3)[nH]c2c1. The molecule has 0 bridgehead atoms. The number of nitrogens with one attached hydrogen (secondary N) is 1. The Labute approximate surface area is 164 Å². The van der Waals surface area contributed by atoms with Gasteiger partial charge < -0.3 is 29.7 Å². The second-order valence-electron chi connectivity index (χ2n) is 6.33. The summed E-state index contributed by atoms with van der Waals surface area (Å²) >= 11 is 0. The van der Waals surface area contributed by atoms with Crippen LogP contribution in [0.15, 0.2) is 60.7 Å². The van der Waals surface area contributed by atoms with Gasteiger partial charge in [-0.05, 0) is 48.5 Å². The van der Waals surface area contributed by atoms with Gasteiger partial charge in [0.25, 0.3) is 0 Å². The number of amides is 1. The molecular weight excluding hydrogens is 374 g/mol. The molecular formula is C21H15N3O5. The van der Waals surface area contributed by atoms with E-state index in [0.717, 1.165) is 16.6 Å². The molecule has 144 valence electrons. The highest BCUT2D eigenvalue weighted by Gasteiger charge is 2.14. The first-order valence-corrected chi connectivity index (χ1v) is 8.79. The quantitative estimate of drug-likeness (QED) is 0.541. The standard InChI is InChI=1S/C21H15N3O5/c22-21(25)29-14-5-7-16-17(9-14)24-20(23-16)12-1-3-13(4-2-12)28-15-6-8-18-19(10-15)27-11-26-18/h1-10H,11H2,(H2,22,25)(H,23,24). The Balaban J connectivity index is 1.36. The zero-order chi connectivity index (χ0) is 19.8. The van der Waals surface area contributed by atoms with Crippen molar-refractivity contribution >= 4 is 17.1 Å². The third-order valence-corrected chi connectivity index (χ3v) is 4.38. The van der Waals surface area contributed by atoms with E-state index in [1.807, 2.05) is 36.4 Å². The van der Waals surface area contributed by atoms with Gasteiger partial charge in [-0.2, -0.15) is 0 Å². The molecule has 1 aliphatic heterocycles. The van der Waals surface area contributed by atoms with Gasteiger partial charge >= 0.3 is 6.09 Å². The average Bonchev–Trinajstić information content (AvgIpc) is 3.34. The first kappa shape index (κ1) is 16.9. The fourth-order valence-corrected chi connectivity index (χ4v) is 3.06. The molecule has 29 heavy (non-hydrogen) atoms. The fourth-order valence-electron chi connectivity index (χ4n) is 3.06. The van der Waals surface area contributed by atoms with Crippen molar-refractivity contribution in [1.82, 2.24) is 9.97 Å². The molecule has 0 unspecified atom stereocenters. The minimum atomic E-state index is -0.859. The lowest BCUT2D eigenvalue weighted by atomic mass is 10.2. The van der Waals surface area contributed by atoms with E-state index in [9.17, 15) is 4.79 Å². The Hall–Kier alpha value is -4.20. The van der Waals surface area contributed by atoms with Gasteiger partial charge in [0, 0.05) is 17.7 Å². The van der Waals surface area contributed by atoms with Crippen molar-refractivity contribution in [2.24, 2.45) is 5.73 Å². The Bertz CT molecular complexity index is 1220. The molecule has 0 fully saturated rings. The summed E-state index contributed by atoms with van der Waals surface area (Å²) in [4.78, 5) is 18.7. The minimum absolute atomic E-state index is 0.223. The summed E-state index contributed by atoms with van der Waals surface area (Å²) in [6.45, 7) is 0.223. The molecule has 0 saturated heterocycles. The topological polar surface area (TPSA) is 109 Å². The van der Waals surface area contributed by atoms with E-state index in [1.165, 1.54) is 0 Å². The number of aromatic nitrogens is 2. The van der Waals surface area contributed by atoms with E-state index in [1.54, 1.807) is 24.3 Å². The number of ether oxygens (including phenoxy) is 4. The van der Waals surface area contributed by atoms with Crippen LogP contribution in [-0.4, -0.2) is 22.9 Å². The van der Waals surface area contributed by atoms with Crippen LogP contribution in [0.4, 0.5) is 4.79 Å². The fraction of sp³-hybridized carbons (Fsp3) is 0.0476. The molecule has 0 radical (unpaired) electrons. The summed E-state index contributed by atoms with van der Waals surface area (Å²) in [5.41, 5.74) is 7.42. The zero-order valence-corrected chi connectivity index (χ0v) is 15.0. The molecule has 8 nitrogen and oxygen atoms in total. The van der Waals surface area contributed by atoms with Crippen molar-refractivity contribution in [2.75, 3.05) is 6.79 Å². The summed E-state index contributed by atoms with van der Waals surface area (Å²) in [5.74, 6) is 3.76. The maximum absolute atomic E-state index is 10.9. The van der Waals surface area contributed by atoms with Gasteiger partial charge in [0.1, 0.15) is 23.1 Å². The first-order valence-electron chi connectivity index (χ1n) is 8.79. The van der Waals surface area contributed by atoms with E-state index >= 15 is 0 Å². The Morgan fingerprint density at radius 3 is 2.52 bits per heavy atom. The second-order valence-corrected chi connectivity index (χ2v) is 6.33. The molecule has 2 heterocycles. The molecule has 1 aliphatic rings. The molecule has 0 spiro atoms. The highest BCUT2D eigenvalue weighted by Crippen LogP contribution is 2.36. The maximum Gasteiger partial charge on any atom is 0.409 e. The number of aromatic amines is 1. The van der Waals surface area contributed by atoms with E-state index in [4.69, 9.17) is 24.7 Å². The molecule has 4 aromatic rings. The molecule has 1 aromatic heterocycles. The van der Waals surface area contributed by atoms with E-state index < -0.39 is 6.09 Å². The lowest BCUT2D eigenvalue weighted by Gasteiger charge is -2.07. The van der Waals surface area contributed by atoms with Crippen molar-refractivity contribution in [1.29, 1.82) is 0 Å². The number of imidazole rings is 1. The van der Waals surface area contributed by atoms with E-state index in [0.29, 0.717) is 34.6 Å². The van der Waals surface area contributed by atoms with Gasteiger partial charge in [-0.1, -0.05) is 0 Å². The summed E-state index contributed by atoms with van der Waals surface area (Å²) in [6.07, 6.45) is -0.859. The highest BCUT2D eigenvalue weighted by molar-refractivity contribution is 5.81. The van der Waals surface area contributed by atoms with Gasteiger partial charge in [-0.25, -0.2) is 9.78 Å². The Morgan fingerprint density at radius 2 is 1.69 bits per heavy atom. The Morgan fingerprint density at radius 1 is 0.931 bits per heavy atom.